The Morgan fingerprint density at radius 3 is 2.63 bits per heavy atom. The van der Waals surface area contributed by atoms with Crippen LogP contribution in [0.25, 0.3) is 0 Å². The lowest BCUT2D eigenvalue weighted by Crippen LogP contribution is -1.98. The number of rotatable bonds is 3. The molecule has 0 radical (unpaired) electrons. The molecule has 0 bridgehead atoms. The molecule has 0 saturated heterocycles. The first-order chi connectivity index (χ1) is 8.95. The zero-order valence-electron chi connectivity index (χ0n) is 10.3. The first-order valence-electron chi connectivity index (χ1n) is 5.48. The van der Waals surface area contributed by atoms with Crippen molar-refractivity contribution in [2.24, 2.45) is 0 Å². The molecule has 2 aromatic rings. The Kier molecular flexibility index (Phi) is 4.21. The van der Waals surface area contributed by atoms with E-state index in [0.29, 0.717) is 10.3 Å². The van der Waals surface area contributed by atoms with Gasteiger partial charge in [-0.05, 0) is 54.0 Å². The molecule has 1 heterocycles. The van der Waals surface area contributed by atoms with Gasteiger partial charge in [-0.15, -0.1) is 0 Å². The lowest BCUT2D eigenvalue weighted by atomic mass is 10.2. The standard InChI is InChI=1S/C13H11BrN2O2S/c1-7-5-12(16-8(2)15-7)19-9-3-4-11(14)10(6-9)13(17)18/h3-6H,1-2H3,(H,17,18). The molecule has 0 aliphatic rings. The second kappa shape index (κ2) is 5.71. The van der Waals surface area contributed by atoms with Crippen molar-refractivity contribution < 1.29 is 9.90 Å². The largest absolute Gasteiger partial charge is 0.478 e. The Hall–Kier alpha value is -1.40. The molecule has 0 unspecified atom stereocenters. The molecule has 1 aromatic heterocycles. The van der Waals surface area contributed by atoms with Gasteiger partial charge in [-0.1, -0.05) is 11.8 Å². The van der Waals surface area contributed by atoms with E-state index < -0.39 is 5.97 Å². The van der Waals surface area contributed by atoms with Crippen molar-refractivity contribution >= 4 is 33.7 Å². The minimum absolute atomic E-state index is 0.243. The fourth-order valence-electron chi connectivity index (χ4n) is 1.59. The second-order valence-electron chi connectivity index (χ2n) is 3.94. The van der Waals surface area contributed by atoms with Gasteiger partial charge >= 0.3 is 5.97 Å². The van der Waals surface area contributed by atoms with Crippen molar-refractivity contribution in [1.29, 1.82) is 0 Å². The van der Waals surface area contributed by atoms with Gasteiger partial charge in [0.15, 0.2) is 0 Å². The number of hydrogen-bond acceptors (Lipinski definition) is 4. The van der Waals surface area contributed by atoms with Crippen molar-refractivity contribution in [2.45, 2.75) is 23.8 Å². The van der Waals surface area contributed by atoms with Crippen molar-refractivity contribution in [1.82, 2.24) is 9.97 Å². The maximum absolute atomic E-state index is 11.1. The highest BCUT2D eigenvalue weighted by Gasteiger charge is 2.10. The summed E-state index contributed by atoms with van der Waals surface area (Å²) in [7, 11) is 0. The maximum atomic E-state index is 11.1. The van der Waals surface area contributed by atoms with Gasteiger partial charge in [0.1, 0.15) is 10.9 Å². The highest BCUT2D eigenvalue weighted by atomic mass is 79.9. The fraction of sp³-hybridized carbons (Fsp3) is 0.154. The van der Waals surface area contributed by atoms with Gasteiger partial charge < -0.3 is 5.11 Å². The van der Waals surface area contributed by atoms with Crippen molar-refractivity contribution in [3.63, 3.8) is 0 Å². The quantitative estimate of drug-likeness (QED) is 0.864. The van der Waals surface area contributed by atoms with Crippen LogP contribution in [-0.2, 0) is 0 Å². The van der Waals surface area contributed by atoms with Crippen LogP contribution in [0, 0.1) is 13.8 Å². The third kappa shape index (κ3) is 3.54. The van der Waals surface area contributed by atoms with Gasteiger partial charge in [0.25, 0.3) is 0 Å². The van der Waals surface area contributed by atoms with Crippen LogP contribution in [0.5, 0.6) is 0 Å². The zero-order valence-corrected chi connectivity index (χ0v) is 12.7. The highest BCUT2D eigenvalue weighted by molar-refractivity contribution is 9.10. The molecule has 4 nitrogen and oxygen atoms in total. The molecule has 0 saturated carbocycles. The van der Waals surface area contributed by atoms with E-state index >= 15 is 0 Å². The number of hydrogen-bond donors (Lipinski definition) is 1. The molecule has 0 fully saturated rings. The number of carboxylic acid groups (broad SMARTS) is 1. The van der Waals surface area contributed by atoms with E-state index in [-0.39, 0.29) is 5.56 Å². The third-order valence-electron chi connectivity index (χ3n) is 2.33. The molecule has 1 N–H and O–H groups in total. The monoisotopic (exact) mass is 338 g/mol. The molecule has 19 heavy (non-hydrogen) atoms. The molecule has 0 aliphatic heterocycles. The third-order valence-corrected chi connectivity index (χ3v) is 3.93. The Morgan fingerprint density at radius 1 is 1.26 bits per heavy atom. The molecule has 98 valence electrons. The summed E-state index contributed by atoms with van der Waals surface area (Å²) in [6.07, 6.45) is 0. The van der Waals surface area contributed by atoms with E-state index in [0.717, 1.165) is 15.6 Å². The Labute approximate surface area is 123 Å². The Morgan fingerprint density at radius 2 is 2.00 bits per heavy atom. The summed E-state index contributed by atoms with van der Waals surface area (Å²) in [6, 6.07) is 7.09. The zero-order chi connectivity index (χ0) is 14.0. The summed E-state index contributed by atoms with van der Waals surface area (Å²) in [5, 5.41) is 9.89. The summed E-state index contributed by atoms with van der Waals surface area (Å²) in [6.45, 7) is 3.74. The van der Waals surface area contributed by atoms with Gasteiger partial charge in [-0.2, -0.15) is 0 Å². The molecule has 0 atom stereocenters. The van der Waals surface area contributed by atoms with Crippen LogP contribution >= 0.6 is 27.7 Å². The van der Waals surface area contributed by atoms with Crippen LogP contribution < -0.4 is 0 Å². The van der Waals surface area contributed by atoms with E-state index in [1.54, 1.807) is 12.1 Å². The molecular weight excluding hydrogens is 328 g/mol. The molecule has 2 rings (SSSR count). The maximum Gasteiger partial charge on any atom is 0.336 e. The average molecular weight is 339 g/mol. The minimum atomic E-state index is -0.954. The fourth-order valence-corrected chi connectivity index (χ4v) is 2.97. The van der Waals surface area contributed by atoms with Gasteiger partial charge in [-0.3, -0.25) is 0 Å². The lowest BCUT2D eigenvalue weighted by Gasteiger charge is -2.05. The predicted octanol–water partition coefficient (Wildman–Crippen LogP) is 3.71. The lowest BCUT2D eigenvalue weighted by molar-refractivity contribution is 0.0695. The normalized spacial score (nSPS) is 10.5. The van der Waals surface area contributed by atoms with Crippen LogP contribution in [-0.4, -0.2) is 21.0 Å². The van der Waals surface area contributed by atoms with Gasteiger partial charge in [-0.25, -0.2) is 14.8 Å². The second-order valence-corrected chi connectivity index (χ2v) is 5.89. The van der Waals surface area contributed by atoms with Crippen LogP contribution in [0.2, 0.25) is 0 Å². The number of aryl methyl sites for hydroxylation is 2. The van der Waals surface area contributed by atoms with Crippen molar-refractivity contribution in [3.05, 3.63) is 45.8 Å². The molecule has 0 aliphatic carbocycles. The topological polar surface area (TPSA) is 63.1 Å². The average Bonchev–Trinajstić information content (AvgIpc) is 2.30. The van der Waals surface area contributed by atoms with Gasteiger partial charge in [0, 0.05) is 15.1 Å². The van der Waals surface area contributed by atoms with Crippen molar-refractivity contribution in [2.75, 3.05) is 0 Å². The number of nitrogens with zero attached hydrogens (tertiary/aromatic N) is 2. The summed E-state index contributed by atoms with van der Waals surface area (Å²) >= 11 is 4.64. The van der Waals surface area contributed by atoms with E-state index in [4.69, 9.17) is 5.11 Å². The number of benzene rings is 1. The predicted molar refractivity (Wildman–Crippen MR) is 76.7 cm³/mol. The van der Waals surface area contributed by atoms with Crippen LogP contribution in [0.15, 0.2) is 38.7 Å². The summed E-state index contributed by atoms with van der Waals surface area (Å²) in [4.78, 5) is 20.4. The van der Waals surface area contributed by atoms with Crippen LogP contribution in [0.3, 0.4) is 0 Å². The number of aromatic nitrogens is 2. The van der Waals surface area contributed by atoms with E-state index in [1.165, 1.54) is 11.8 Å². The van der Waals surface area contributed by atoms with E-state index in [1.807, 2.05) is 26.0 Å². The van der Waals surface area contributed by atoms with Gasteiger partial charge in [0.2, 0.25) is 0 Å². The molecule has 0 amide bonds. The number of carboxylic acids is 1. The van der Waals surface area contributed by atoms with E-state index in [9.17, 15) is 4.79 Å². The molecule has 1 aromatic carbocycles. The minimum Gasteiger partial charge on any atom is -0.478 e. The van der Waals surface area contributed by atoms with Gasteiger partial charge in [0.05, 0.1) is 5.56 Å². The van der Waals surface area contributed by atoms with Crippen LogP contribution in [0.1, 0.15) is 21.9 Å². The molecule has 6 heteroatoms. The highest BCUT2D eigenvalue weighted by Crippen LogP contribution is 2.29. The number of halogens is 1. The Bertz CT molecular complexity index is 626. The molecular formula is C13H11BrN2O2S. The first-order valence-corrected chi connectivity index (χ1v) is 7.09. The van der Waals surface area contributed by atoms with Crippen molar-refractivity contribution in [3.8, 4) is 0 Å². The first kappa shape index (κ1) is 14.0. The smallest absolute Gasteiger partial charge is 0.336 e. The molecule has 0 spiro atoms. The SMILES string of the molecule is Cc1cc(Sc2ccc(Br)c(C(=O)O)c2)nc(C)n1. The summed E-state index contributed by atoms with van der Waals surface area (Å²) in [5.74, 6) is -0.248. The van der Waals surface area contributed by atoms with Crippen LogP contribution in [0.4, 0.5) is 0 Å². The Balaban J connectivity index is 2.33. The number of aromatic carboxylic acids is 1. The summed E-state index contributed by atoms with van der Waals surface area (Å²) < 4.78 is 0.569. The van der Waals surface area contributed by atoms with E-state index in [2.05, 4.69) is 25.9 Å². The summed E-state index contributed by atoms with van der Waals surface area (Å²) in [5.41, 5.74) is 1.14. The number of carbonyl (C=O) groups is 1.